The Balaban J connectivity index is 2.85. The van der Waals surface area contributed by atoms with E-state index in [4.69, 9.17) is 4.55 Å². The first-order valence-corrected chi connectivity index (χ1v) is 5.73. The molecule has 11 heavy (non-hydrogen) atoms. The lowest BCUT2D eigenvalue weighted by Gasteiger charge is -1.97. The topological polar surface area (TPSA) is 46.5 Å². The Morgan fingerprint density at radius 1 is 1.27 bits per heavy atom. The normalized spacial score (nSPS) is 13.3. The first-order chi connectivity index (χ1) is 5.27. The smallest absolute Gasteiger partial charge is 0.284 e. The van der Waals surface area contributed by atoms with Gasteiger partial charge < -0.3 is 0 Å². The Bertz CT molecular complexity index is 110. The molecule has 0 aliphatic heterocycles. The SMILES string of the molecule is O=S(O)OCCCCCCBr. The molecule has 0 fully saturated rings. The molecule has 5 heteroatoms. The minimum Gasteiger partial charge on any atom is -0.284 e. The molecule has 0 heterocycles. The molecule has 1 atom stereocenters. The predicted octanol–water partition coefficient (Wildman–Crippen LogP) is 2.09. The van der Waals surface area contributed by atoms with Crippen LogP contribution in [-0.2, 0) is 15.5 Å². The Hall–Kier alpha value is 0.550. The van der Waals surface area contributed by atoms with E-state index in [0.717, 1.165) is 31.0 Å². The molecule has 0 aliphatic rings. The van der Waals surface area contributed by atoms with Crippen molar-refractivity contribution in [3.63, 3.8) is 0 Å². The minimum absolute atomic E-state index is 0.380. The molecule has 1 N–H and O–H groups in total. The van der Waals surface area contributed by atoms with Crippen molar-refractivity contribution < 1.29 is 12.9 Å². The first-order valence-electron chi connectivity index (χ1n) is 3.57. The summed E-state index contributed by atoms with van der Waals surface area (Å²) in [4.78, 5) is 0. The molecule has 0 radical (unpaired) electrons. The van der Waals surface area contributed by atoms with Crippen LogP contribution in [0.5, 0.6) is 0 Å². The summed E-state index contributed by atoms with van der Waals surface area (Å²) < 4.78 is 22.6. The standard InChI is InChI=1S/C6H13BrO3S/c7-5-3-1-2-4-6-10-11(8)9/h1-6H2,(H,8,9). The molecule has 0 spiro atoms. The maximum atomic E-state index is 9.97. The van der Waals surface area contributed by atoms with E-state index in [9.17, 15) is 4.21 Å². The van der Waals surface area contributed by atoms with Gasteiger partial charge in [-0.25, -0.2) is 0 Å². The van der Waals surface area contributed by atoms with Gasteiger partial charge in [0.25, 0.3) is 0 Å². The summed E-state index contributed by atoms with van der Waals surface area (Å²) in [6, 6.07) is 0. The number of rotatable bonds is 7. The van der Waals surface area contributed by atoms with Crippen molar-refractivity contribution in [3.8, 4) is 0 Å². The lowest BCUT2D eigenvalue weighted by molar-refractivity contribution is 0.297. The van der Waals surface area contributed by atoms with E-state index < -0.39 is 11.4 Å². The van der Waals surface area contributed by atoms with Gasteiger partial charge in [-0.3, -0.25) is 8.74 Å². The molecule has 1 unspecified atom stereocenters. The van der Waals surface area contributed by atoms with Crippen molar-refractivity contribution in [1.29, 1.82) is 0 Å². The van der Waals surface area contributed by atoms with Gasteiger partial charge in [0.15, 0.2) is 0 Å². The van der Waals surface area contributed by atoms with Crippen molar-refractivity contribution in [2.24, 2.45) is 0 Å². The Labute approximate surface area is 78.1 Å². The van der Waals surface area contributed by atoms with Gasteiger partial charge in [-0.15, -0.1) is 0 Å². The van der Waals surface area contributed by atoms with Gasteiger partial charge in [0.2, 0.25) is 0 Å². The van der Waals surface area contributed by atoms with Gasteiger partial charge in [0.1, 0.15) is 0 Å². The third kappa shape index (κ3) is 10.6. The third-order valence-corrected chi connectivity index (χ3v) is 2.14. The van der Waals surface area contributed by atoms with Crippen molar-refractivity contribution >= 4 is 27.3 Å². The molecule has 0 aromatic carbocycles. The number of unbranched alkanes of at least 4 members (excludes halogenated alkanes) is 3. The fourth-order valence-corrected chi connectivity index (χ4v) is 1.34. The highest BCUT2D eigenvalue weighted by molar-refractivity contribution is 9.09. The number of hydrogen-bond donors (Lipinski definition) is 1. The molecule has 0 saturated carbocycles. The highest BCUT2D eigenvalue weighted by Crippen LogP contribution is 2.02. The zero-order valence-electron chi connectivity index (χ0n) is 6.29. The maximum Gasteiger partial charge on any atom is 0.301 e. The number of halogens is 1. The van der Waals surface area contributed by atoms with Gasteiger partial charge in [-0.05, 0) is 12.8 Å². The second-order valence-corrected chi connectivity index (χ2v) is 3.61. The van der Waals surface area contributed by atoms with Crippen LogP contribution in [0.15, 0.2) is 0 Å². The molecular formula is C6H13BrO3S. The minimum atomic E-state index is -2.08. The molecule has 0 bridgehead atoms. The van der Waals surface area contributed by atoms with Gasteiger partial charge in [0.05, 0.1) is 6.61 Å². The van der Waals surface area contributed by atoms with Crippen LogP contribution >= 0.6 is 15.9 Å². The average Bonchev–Trinajstić information content (AvgIpc) is 1.96. The summed E-state index contributed by atoms with van der Waals surface area (Å²) >= 11 is 1.24. The van der Waals surface area contributed by atoms with Gasteiger partial charge in [-0.1, -0.05) is 28.8 Å². The second-order valence-electron chi connectivity index (χ2n) is 2.14. The Morgan fingerprint density at radius 3 is 2.45 bits per heavy atom. The van der Waals surface area contributed by atoms with Crippen LogP contribution < -0.4 is 0 Å². The van der Waals surface area contributed by atoms with Crippen LogP contribution in [0.2, 0.25) is 0 Å². The highest BCUT2D eigenvalue weighted by Gasteiger charge is 1.92. The van der Waals surface area contributed by atoms with Crippen LogP contribution in [0.4, 0.5) is 0 Å². The fourth-order valence-electron chi connectivity index (χ4n) is 0.680. The summed E-state index contributed by atoms with van der Waals surface area (Å²) in [7, 11) is 0. The van der Waals surface area contributed by atoms with Gasteiger partial charge >= 0.3 is 11.4 Å². The van der Waals surface area contributed by atoms with Gasteiger partial charge in [-0.2, -0.15) is 4.21 Å². The van der Waals surface area contributed by atoms with Crippen LogP contribution in [0.25, 0.3) is 0 Å². The second kappa shape index (κ2) is 8.64. The molecule has 0 saturated heterocycles. The van der Waals surface area contributed by atoms with E-state index in [1.54, 1.807) is 0 Å². The summed E-state index contributed by atoms with van der Waals surface area (Å²) in [5, 5.41) is 1.03. The lowest BCUT2D eigenvalue weighted by atomic mass is 10.2. The fraction of sp³-hybridized carbons (Fsp3) is 1.00. The molecule has 68 valence electrons. The van der Waals surface area contributed by atoms with E-state index in [1.807, 2.05) is 0 Å². The van der Waals surface area contributed by atoms with E-state index >= 15 is 0 Å². The highest BCUT2D eigenvalue weighted by atomic mass is 79.9. The monoisotopic (exact) mass is 244 g/mol. The van der Waals surface area contributed by atoms with Crippen LogP contribution in [0.1, 0.15) is 25.7 Å². The largest absolute Gasteiger partial charge is 0.301 e. The van der Waals surface area contributed by atoms with Crippen molar-refractivity contribution in [3.05, 3.63) is 0 Å². The van der Waals surface area contributed by atoms with Crippen LogP contribution in [-0.4, -0.2) is 20.7 Å². The van der Waals surface area contributed by atoms with Crippen molar-refractivity contribution in [1.82, 2.24) is 0 Å². The molecule has 0 aromatic rings. The average molecular weight is 245 g/mol. The summed E-state index contributed by atoms with van der Waals surface area (Å²) in [5.41, 5.74) is 0. The lowest BCUT2D eigenvalue weighted by Crippen LogP contribution is -1.97. The van der Waals surface area contributed by atoms with Crippen LogP contribution in [0.3, 0.4) is 0 Å². The molecule has 0 rings (SSSR count). The maximum absolute atomic E-state index is 9.97. The van der Waals surface area contributed by atoms with E-state index in [2.05, 4.69) is 20.1 Å². The summed E-state index contributed by atoms with van der Waals surface area (Å²) in [5.74, 6) is 0. The number of alkyl halides is 1. The van der Waals surface area contributed by atoms with Crippen molar-refractivity contribution in [2.75, 3.05) is 11.9 Å². The summed E-state index contributed by atoms with van der Waals surface area (Å²) in [6.07, 6.45) is 4.22. The zero-order chi connectivity index (χ0) is 8.53. The molecule has 3 nitrogen and oxygen atoms in total. The molecular weight excluding hydrogens is 232 g/mol. The Morgan fingerprint density at radius 2 is 1.91 bits per heavy atom. The molecule has 0 aromatic heterocycles. The van der Waals surface area contributed by atoms with E-state index in [0.29, 0.717) is 6.61 Å². The Kier molecular flexibility index (Phi) is 9.08. The van der Waals surface area contributed by atoms with Crippen molar-refractivity contribution in [2.45, 2.75) is 25.7 Å². The number of hydrogen-bond acceptors (Lipinski definition) is 2. The molecule has 0 amide bonds. The molecule has 0 aliphatic carbocycles. The van der Waals surface area contributed by atoms with E-state index in [-0.39, 0.29) is 0 Å². The predicted molar refractivity (Wildman–Crippen MR) is 49.0 cm³/mol. The first kappa shape index (κ1) is 11.6. The van der Waals surface area contributed by atoms with Gasteiger partial charge in [0, 0.05) is 5.33 Å². The quantitative estimate of drug-likeness (QED) is 0.424. The summed E-state index contributed by atoms with van der Waals surface area (Å²) in [6.45, 7) is 0.380. The zero-order valence-corrected chi connectivity index (χ0v) is 8.70. The third-order valence-electron chi connectivity index (χ3n) is 1.21. The van der Waals surface area contributed by atoms with Crippen LogP contribution in [0, 0.1) is 0 Å². The van der Waals surface area contributed by atoms with E-state index in [1.165, 1.54) is 0 Å².